The summed E-state index contributed by atoms with van der Waals surface area (Å²) in [5.74, 6) is 1.65. The fourth-order valence-electron chi connectivity index (χ4n) is 1.71. The van der Waals surface area contributed by atoms with E-state index in [4.69, 9.17) is 0 Å². The van der Waals surface area contributed by atoms with Crippen LogP contribution in [-0.2, 0) is 4.79 Å². The van der Waals surface area contributed by atoms with Crippen molar-refractivity contribution in [2.45, 2.75) is 6.04 Å². The van der Waals surface area contributed by atoms with Crippen LogP contribution in [0.3, 0.4) is 0 Å². The third kappa shape index (κ3) is 2.11. The maximum atomic E-state index is 11.9. The molecule has 7 heteroatoms. The molecule has 1 aliphatic heterocycles. The van der Waals surface area contributed by atoms with Crippen LogP contribution in [0.15, 0.2) is 18.2 Å². The zero-order chi connectivity index (χ0) is 11.7. The second-order valence-electron chi connectivity index (χ2n) is 3.79. The van der Waals surface area contributed by atoms with Gasteiger partial charge in [-0.2, -0.15) is 15.4 Å². The molecular weight excluding hydrogens is 238 g/mol. The van der Waals surface area contributed by atoms with E-state index < -0.39 is 0 Å². The number of fused-ring (bicyclic) bond motifs is 1. The van der Waals surface area contributed by atoms with Crippen molar-refractivity contribution < 1.29 is 4.79 Å². The summed E-state index contributed by atoms with van der Waals surface area (Å²) < 4.78 is 0. The minimum atomic E-state index is -0.104. The van der Waals surface area contributed by atoms with E-state index in [1.807, 2.05) is 12.1 Å². The van der Waals surface area contributed by atoms with Gasteiger partial charge in [0, 0.05) is 17.3 Å². The Morgan fingerprint density at radius 2 is 2.29 bits per heavy atom. The van der Waals surface area contributed by atoms with E-state index in [1.165, 1.54) is 0 Å². The van der Waals surface area contributed by atoms with Gasteiger partial charge in [0.05, 0.1) is 6.04 Å². The third-order valence-corrected chi connectivity index (χ3v) is 3.56. The Morgan fingerprint density at radius 1 is 1.41 bits per heavy atom. The smallest absolute Gasteiger partial charge is 0.242 e. The molecule has 0 bridgehead atoms. The molecule has 3 N–H and O–H groups in total. The first-order chi connectivity index (χ1) is 8.33. The van der Waals surface area contributed by atoms with Crippen LogP contribution < -0.4 is 10.6 Å². The molecular formula is C10H11N5OS. The van der Waals surface area contributed by atoms with Gasteiger partial charge in [-0.1, -0.05) is 0 Å². The minimum Gasteiger partial charge on any atom is -0.325 e. The number of thioether (sulfide) groups is 1. The second kappa shape index (κ2) is 4.34. The number of benzene rings is 1. The standard InChI is InChI=1S/C10H11N5OS/c16-10(9-4-17-5-11-9)12-6-1-2-7-8(3-6)14-15-13-7/h1-3,9,11H,4-5H2,(H,12,16)(H,13,14,15). The number of H-pyrrole nitrogens is 1. The van der Waals surface area contributed by atoms with Gasteiger partial charge in [-0.05, 0) is 18.2 Å². The lowest BCUT2D eigenvalue weighted by Gasteiger charge is -2.10. The second-order valence-corrected chi connectivity index (χ2v) is 4.82. The quantitative estimate of drug-likeness (QED) is 0.724. The van der Waals surface area contributed by atoms with Crippen molar-refractivity contribution in [3.8, 4) is 0 Å². The first-order valence-electron chi connectivity index (χ1n) is 5.25. The van der Waals surface area contributed by atoms with Crippen molar-refractivity contribution >= 4 is 34.4 Å². The molecule has 3 rings (SSSR count). The number of anilines is 1. The van der Waals surface area contributed by atoms with Gasteiger partial charge in [-0.3, -0.25) is 10.1 Å². The number of nitrogens with one attached hydrogen (secondary N) is 3. The molecule has 1 aromatic carbocycles. The molecule has 17 heavy (non-hydrogen) atoms. The lowest BCUT2D eigenvalue weighted by atomic mass is 10.2. The summed E-state index contributed by atoms with van der Waals surface area (Å²) in [6, 6.07) is 5.35. The molecule has 2 heterocycles. The molecule has 88 valence electrons. The average molecular weight is 249 g/mol. The Bertz CT molecular complexity index is 548. The summed E-state index contributed by atoms with van der Waals surface area (Å²) in [4.78, 5) is 11.9. The first-order valence-corrected chi connectivity index (χ1v) is 6.41. The Hall–Kier alpha value is -1.60. The van der Waals surface area contributed by atoms with Crippen molar-refractivity contribution in [2.24, 2.45) is 0 Å². The summed E-state index contributed by atoms with van der Waals surface area (Å²) in [6.07, 6.45) is 0. The highest BCUT2D eigenvalue weighted by atomic mass is 32.2. The van der Waals surface area contributed by atoms with Gasteiger partial charge in [-0.25, -0.2) is 0 Å². The molecule has 1 aromatic heterocycles. The topological polar surface area (TPSA) is 82.7 Å². The van der Waals surface area contributed by atoms with E-state index in [1.54, 1.807) is 17.8 Å². The first kappa shape index (κ1) is 10.5. The van der Waals surface area contributed by atoms with E-state index in [2.05, 4.69) is 26.0 Å². The lowest BCUT2D eigenvalue weighted by Crippen LogP contribution is -2.37. The summed E-state index contributed by atoms with van der Waals surface area (Å²) in [5.41, 5.74) is 2.28. The van der Waals surface area contributed by atoms with Crippen molar-refractivity contribution in [1.29, 1.82) is 0 Å². The number of hydrogen-bond donors (Lipinski definition) is 3. The van der Waals surface area contributed by atoms with Crippen LogP contribution in [0.25, 0.3) is 11.0 Å². The molecule has 0 saturated carbocycles. The van der Waals surface area contributed by atoms with Crippen molar-refractivity contribution in [3.05, 3.63) is 18.2 Å². The number of aromatic amines is 1. The van der Waals surface area contributed by atoms with Gasteiger partial charge in [-0.15, -0.1) is 11.8 Å². The fourth-order valence-corrected chi connectivity index (χ4v) is 2.65. The van der Waals surface area contributed by atoms with E-state index in [0.29, 0.717) is 0 Å². The Kier molecular flexibility index (Phi) is 2.69. The zero-order valence-electron chi connectivity index (χ0n) is 8.93. The molecule has 1 unspecified atom stereocenters. The van der Waals surface area contributed by atoms with Crippen molar-refractivity contribution in [2.75, 3.05) is 16.9 Å². The Morgan fingerprint density at radius 3 is 3.12 bits per heavy atom. The van der Waals surface area contributed by atoms with E-state index >= 15 is 0 Å². The zero-order valence-corrected chi connectivity index (χ0v) is 9.75. The molecule has 0 spiro atoms. The van der Waals surface area contributed by atoms with Crippen molar-refractivity contribution in [3.63, 3.8) is 0 Å². The normalized spacial score (nSPS) is 19.6. The van der Waals surface area contributed by atoms with Gasteiger partial charge in [0.25, 0.3) is 0 Å². The fraction of sp³-hybridized carbons (Fsp3) is 0.300. The van der Waals surface area contributed by atoms with Gasteiger partial charge in [0.2, 0.25) is 5.91 Å². The van der Waals surface area contributed by atoms with Gasteiger partial charge in [0.1, 0.15) is 11.0 Å². The van der Waals surface area contributed by atoms with Gasteiger partial charge >= 0.3 is 0 Å². The molecule has 0 radical (unpaired) electrons. The highest BCUT2D eigenvalue weighted by molar-refractivity contribution is 7.99. The molecule has 1 atom stereocenters. The molecule has 6 nitrogen and oxygen atoms in total. The largest absolute Gasteiger partial charge is 0.325 e. The van der Waals surface area contributed by atoms with E-state index in [-0.39, 0.29) is 11.9 Å². The maximum absolute atomic E-state index is 11.9. The molecule has 1 aliphatic rings. The third-order valence-electron chi connectivity index (χ3n) is 2.62. The minimum absolute atomic E-state index is 0.00200. The highest BCUT2D eigenvalue weighted by Crippen LogP contribution is 2.16. The Labute approximate surface area is 102 Å². The predicted molar refractivity (Wildman–Crippen MR) is 66.8 cm³/mol. The van der Waals surface area contributed by atoms with E-state index in [9.17, 15) is 4.79 Å². The highest BCUT2D eigenvalue weighted by Gasteiger charge is 2.22. The van der Waals surface area contributed by atoms with Crippen LogP contribution in [-0.4, -0.2) is 39.0 Å². The number of rotatable bonds is 2. The number of carbonyl (C=O) groups is 1. The molecule has 1 amide bonds. The molecule has 0 aliphatic carbocycles. The van der Waals surface area contributed by atoms with Gasteiger partial charge < -0.3 is 5.32 Å². The van der Waals surface area contributed by atoms with Crippen LogP contribution in [0.5, 0.6) is 0 Å². The number of hydrogen-bond acceptors (Lipinski definition) is 5. The van der Waals surface area contributed by atoms with Crippen LogP contribution in [0, 0.1) is 0 Å². The number of nitrogens with zero attached hydrogens (tertiary/aromatic N) is 2. The Balaban J connectivity index is 1.77. The van der Waals surface area contributed by atoms with Crippen LogP contribution >= 0.6 is 11.8 Å². The summed E-state index contributed by atoms with van der Waals surface area (Å²) in [6.45, 7) is 0. The summed E-state index contributed by atoms with van der Waals surface area (Å²) in [5, 5.41) is 16.5. The van der Waals surface area contributed by atoms with Gasteiger partial charge in [0.15, 0.2) is 0 Å². The number of carbonyl (C=O) groups excluding carboxylic acids is 1. The lowest BCUT2D eigenvalue weighted by molar-refractivity contribution is -0.117. The van der Waals surface area contributed by atoms with Crippen molar-refractivity contribution in [1.82, 2.24) is 20.7 Å². The van der Waals surface area contributed by atoms with Crippen LogP contribution in [0.1, 0.15) is 0 Å². The number of amides is 1. The van der Waals surface area contributed by atoms with E-state index in [0.717, 1.165) is 28.4 Å². The number of aromatic nitrogens is 3. The molecule has 1 fully saturated rings. The van der Waals surface area contributed by atoms with Crippen LogP contribution in [0.4, 0.5) is 5.69 Å². The monoisotopic (exact) mass is 249 g/mol. The average Bonchev–Trinajstić information content (AvgIpc) is 2.99. The molecule has 1 saturated heterocycles. The predicted octanol–water partition coefficient (Wildman–Crippen LogP) is 0.559. The van der Waals surface area contributed by atoms with Crippen LogP contribution in [0.2, 0.25) is 0 Å². The summed E-state index contributed by atoms with van der Waals surface area (Å²) >= 11 is 1.73. The maximum Gasteiger partial charge on any atom is 0.242 e. The summed E-state index contributed by atoms with van der Waals surface area (Å²) in [7, 11) is 0. The molecule has 2 aromatic rings. The SMILES string of the molecule is O=C(Nc1ccc2n[nH]nc2c1)C1CSCN1.